The van der Waals surface area contributed by atoms with Crippen molar-refractivity contribution >= 4 is 21.6 Å². The summed E-state index contributed by atoms with van der Waals surface area (Å²) >= 11 is 0. The molecule has 0 aliphatic rings. The Morgan fingerprint density at radius 2 is 1.79 bits per heavy atom. The first kappa shape index (κ1) is 17.7. The summed E-state index contributed by atoms with van der Waals surface area (Å²) in [5, 5.41) is 2.55. The fraction of sp³-hybridized carbons (Fsp3) is 0.118. The van der Waals surface area contributed by atoms with E-state index in [0.717, 1.165) is 0 Å². The molecule has 0 fully saturated rings. The van der Waals surface area contributed by atoms with E-state index in [-0.39, 0.29) is 22.9 Å². The van der Waals surface area contributed by atoms with E-state index in [2.05, 4.69) is 21.9 Å². The van der Waals surface area contributed by atoms with Crippen LogP contribution < -0.4 is 10.0 Å². The van der Waals surface area contributed by atoms with Gasteiger partial charge in [0.05, 0.1) is 17.0 Å². The third-order valence-corrected chi connectivity index (χ3v) is 4.35. The predicted molar refractivity (Wildman–Crippen MR) is 89.2 cm³/mol. The van der Waals surface area contributed by atoms with Crippen molar-refractivity contribution < 1.29 is 17.6 Å². The molecule has 124 valence electrons. The summed E-state index contributed by atoms with van der Waals surface area (Å²) in [7, 11) is -3.73. The van der Waals surface area contributed by atoms with Gasteiger partial charge in [-0.3, -0.25) is 4.79 Å². The van der Waals surface area contributed by atoms with Crippen LogP contribution in [-0.4, -0.2) is 20.9 Å². The van der Waals surface area contributed by atoms with E-state index in [0.29, 0.717) is 5.69 Å². The minimum atomic E-state index is -3.73. The lowest BCUT2D eigenvalue weighted by atomic mass is 10.2. The number of hydrogen-bond donors (Lipinski definition) is 2. The lowest BCUT2D eigenvalue weighted by Crippen LogP contribution is -2.24. The van der Waals surface area contributed by atoms with Gasteiger partial charge in [-0.05, 0) is 36.4 Å². The standard InChI is InChI=1S/C17H15FN2O3S/c1-13(21)20-15-8-10-16(11-9-15)24(22,23)19-12-4-6-14-5-2-3-7-17(14)18/h2-3,5,7-11,19H,12H2,1H3,(H,20,21). The lowest BCUT2D eigenvalue weighted by molar-refractivity contribution is -0.114. The van der Waals surface area contributed by atoms with Gasteiger partial charge in [-0.15, -0.1) is 0 Å². The van der Waals surface area contributed by atoms with Crippen LogP contribution in [0.25, 0.3) is 0 Å². The zero-order valence-corrected chi connectivity index (χ0v) is 13.7. The van der Waals surface area contributed by atoms with E-state index in [1.54, 1.807) is 12.1 Å². The number of halogens is 1. The average Bonchev–Trinajstić information content (AvgIpc) is 2.53. The van der Waals surface area contributed by atoms with E-state index in [1.807, 2.05) is 0 Å². The van der Waals surface area contributed by atoms with Crippen LogP contribution in [0.2, 0.25) is 0 Å². The molecule has 7 heteroatoms. The number of anilines is 1. The third kappa shape index (κ3) is 4.91. The Hall–Kier alpha value is -2.69. The van der Waals surface area contributed by atoms with Crippen LogP contribution in [0, 0.1) is 17.7 Å². The minimum Gasteiger partial charge on any atom is -0.326 e. The van der Waals surface area contributed by atoms with Gasteiger partial charge in [0.1, 0.15) is 5.82 Å². The topological polar surface area (TPSA) is 75.3 Å². The van der Waals surface area contributed by atoms with Gasteiger partial charge in [-0.25, -0.2) is 12.8 Å². The number of carbonyl (C=O) groups excluding carboxylic acids is 1. The molecular weight excluding hydrogens is 331 g/mol. The number of hydrogen-bond acceptors (Lipinski definition) is 3. The SMILES string of the molecule is CC(=O)Nc1ccc(S(=O)(=O)NCC#Cc2ccccc2F)cc1. The molecular formula is C17H15FN2O3S. The van der Waals surface area contributed by atoms with Gasteiger partial charge in [0, 0.05) is 12.6 Å². The summed E-state index contributed by atoms with van der Waals surface area (Å²) in [6, 6.07) is 11.7. The van der Waals surface area contributed by atoms with E-state index in [1.165, 1.54) is 43.3 Å². The Kier molecular flexibility index (Phi) is 5.68. The van der Waals surface area contributed by atoms with Crippen LogP contribution in [0.1, 0.15) is 12.5 Å². The maximum Gasteiger partial charge on any atom is 0.241 e. The summed E-state index contributed by atoms with van der Waals surface area (Å²) in [6.45, 7) is 1.21. The molecule has 0 radical (unpaired) electrons. The van der Waals surface area contributed by atoms with Gasteiger partial charge in [0.15, 0.2) is 0 Å². The van der Waals surface area contributed by atoms with Crippen LogP contribution >= 0.6 is 0 Å². The highest BCUT2D eigenvalue weighted by molar-refractivity contribution is 7.89. The molecule has 0 heterocycles. The van der Waals surface area contributed by atoms with Gasteiger partial charge < -0.3 is 5.32 Å². The molecule has 0 unspecified atom stereocenters. The molecule has 2 aromatic rings. The average molecular weight is 346 g/mol. The first-order chi connectivity index (χ1) is 11.4. The molecule has 2 N–H and O–H groups in total. The summed E-state index contributed by atoms with van der Waals surface area (Å²) < 4.78 is 39.9. The largest absolute Gasteiger partial charge is 0.326 e. The summed E-state index contributed by atoms with van der Waals surface area (Å²) in [4.78, 5) is 11.0. The van der Waals surface area contributed by atoms with E-state index in [4.69, 9.17) is 0 Å². The van der Waals surface area contributed by atoms with Crippen molar-refractivity contribution in [2.45, 2.75) is 11.8 Å². The normalized spacial score (nSPS) is 10.6. The lowest BCUT2D eigenvalue weighted by Gasteiger charge is -2.06. The number of rotatable bonds is 4. The quantitative estimate of drug-likeness (QED) is 0.833. The molecule has 1 amide bonds. The zero-order valence-electron chi connectivity index (χ0n) is 12.8. The van der Waals surface area contributed by atoms with Gasteiger partial charge in [-0.1, -0.05) is 24.0 Å². The summed E-state index contributed by atoms with van der Waals surface area (Å²) in [6.07, 6.45) is 0. The Balaban J connectivity index is 2.02. The molecule has 0 bridgehead atoms. The Morgan fingerprint density at radius 1 is 1.12 bits per heavy atom. The van der Waals surface area contributed by atoms with Gasteiger partial charge in [-0.2, -0.15) is 4.72 Å². The van der Waals surface area contributed by atoms with Crippen molar-refractivity contribution in [3.63, 3.8) is 0 Å². The fourth-order valence-electron chi connectivity index (χ4n) is 1.84. The van der Waals surface area contributed by atoms with Crippen LogP contribution in [0.5, 0.6) is 0 Å². The number of nitrogens with one attached hydrogen (secondary N) is 2. The van der Waals surface area contributed by atoms with Crippen molar-refractivity contribution in [2.75, 3.05) is 11.9 Å². The smallest absolute Gasteiger partial charge is 0.241 e. The van der Waals surface area contributed by atoms with Crippen LogP contribution in [0.15, 0.2) is 53.4 Å². The molecule has 0 aliphatic carbocycles. The van der Waals surface area contributed by atoms with Crippen molar-refractivity contribution in [2.24, 2.45) is 0 Å². The van der Waals surface area contributed by atoms with Crippen molar-refractivity contribution in [3.05, 3.63) is 59.9 Å². The first-order valence-corrected chi connectivity index (χ1v) is 8.47. The molecule has 2 rings (SSSR count). The number of benzene rings is 2. The van der Waals surface area contributed by atoms with Crippen molar-refractivity contribution in [1.82, 2.24) is 4.72 Å². The van der Waals surface area contributed by atoms with Crippen molar-refractivity contribution in [1.29, 1.82) is 0 Å². The minimum absolute atomic E-state index is 0.0456. The molecule has 0 saturated carbocycles. The maximum absolute atomic E-state index is 13.4. The summed E-state index contributed by atoms with van der Waals surface area (Å²) in [5.74, 6) is 4.44. The van der Waals surface area contributed by atoms with E-state index in [9.17, 15) is 17.6 Å². The second-order valence-electron chi connectivity index (χ2n) is 4.81. The molecule has 0 aromatic heterocycles. The van der Waals surface area contributed by atoms with Gasteiger partial charge in [0.2, 0.25) is 15.9 Å². The van der Waals surface area contributed by atoms with Gasteiger partial charge >= 0.3 is 0 Å². The molecule has 0 saturated heterocycles. The summed E-state index contributed by atoms with van der Waals surface area (Å²) in [5.41, 5.74) is 0.706. The Morgan fingerprint density at radius 3 is 2.42 bits per heavy atom. The molecule has 0 spiro atoms. The second-order valence-corrected chi connectivity index (χ2v) is 6.58. The highest BCUT2D eigenvalue weighted by atomic mass is 32.2. The highest BCUT2D eigenvalue weighted by Crippen LogP contribution is 2.13. The molecule has 0 atom stereocenters. The van der Waals surface area contributed by atoms with E-state index < -0.39 is 15.8 Å². The molecule has 0 aliphatic heterocycles. The fourth-order valence-corrected chi connectivity index (χ4v) is 2.76. The van der Waals surface area contributed by atoms with Crippen LogP contribution in [0.4, 0.5) is 10.1 Å². The van der Waals surface area contributed by atoms with Crippen LogP contribution in [-0.2, 0) is 14.8 Å². The zero-order chi connectivity index (χ0) is 17.6. The second kappa shape index (κ2) is 7.73. The molecule has 24 heavy (non-hydrogen) atoms. The maximum atomic E-state index is 13.4. The Labute approximate surface area is 139 Å². The number of carbonyl (C=O) groups is 1. The highest BCUT2D eigenvalue weighted by Gasteiger charge is 2.12. The van der Waals surface area contributed by atoms with Gasteiger partial charge in [0.25, 0.3) is 0 Å². The monoisotopic (exact) mass is 346 g/mol. The van der Waals surface area contributed by atoms with E-state index >= 15 is 0 Å². The number of amides is 1. The molecule has 5 nitrogen and oxygen atoms in total. The number of sulfonamides is 1. The molecule has 2 aromatic carbocycles. The van der Waals surface area contributed by atoms with Crippen LogP contribution in [0.3, 0.4) is 0 Å². The van der Waals surface area contributed by atoms with Crippen molar-refractivity contribution in [3.8, 4) is 11.8 Å². The Bertz CT molecular complexity index is 897. The first-order valence-electron chi connectivity index (χ1n) is 6.99. The third-order valence-electron chi connectivity index (χ3n) is 2.93. The predicted octanol–water partition coefficient (Wildman–Crippen LogP) is 2.11.